The van der Waals surface area contributed by atoms with E-state index in [4.69, 9.17) is 4.74 Å². The summed E-state index contributed by atoms with van der Waals surface area (Å²) in [6.45, 7) is 3.54. The summed E-state index contributed by atoms with van der Waals surface area (Å²) in [6.07, 6.45) is 1.41. The zero-order chi connectivity index (χ0) is 17.1. The van der Waals surface area contributed by atoms with Gasteiger partial charge in [-0.3, -0.25) is 4.79 Å². The largest absolute Gasteiger partial charge is 0.467 e. The van der Waals surface area contributed by atoms with Crippen LogP contribution in [0.5, 0.6) is 6.01 Å². The van der Waals surface area contributed by atoms with Gasteiger partial charge < -0.3 is 10.1 Å². The van der Waals surface area contributed by atoms with E-state index >= 15 is 0 Å². The number of benzene rings is 1. The quantitative estimate of drug-likeness (QED) is 0.788. The van der Waals surface area contributed by atoms with Crippen molar-refractivity contribution in [1.29, 1.82) is 0 Å². The number of para-hydroxylation sites is 1. The third-order valence-electron chi connectivity index (χ3n) is 3.38. The van der Waals surface area contributed by atoms with Gasteiger partial charge >= 0.3 is 6.01 Å². The number of ether oxygens (including phenoxy) is 1. The third-order valence-corrected chi connectivity index (χ3v) is 3.38. The maximum atomic E-state index is 12.4. The second kappa shape index (κ2) is 6.45. The normalized spacial score (nSPS) is 10.5. The number of nitrogens with zero attached hydrogens (tertiary/aromatic N) is 5. The number of nitrogens with one attached hydrogen (secondary N) is 1. The lowest BCUT2D eigenvalue weighted by atomic mass is 10.2. The van der Waals surface area contributed by atoms with E-state index < -0.39 is 0 Å². The van der Waals surface area contributed by atoms with Crippen LogP contribution < -0.4 is 10.1 Å². The molecule has 1 N–H and O–H groups in total. The summed E-state index contributed by atoms with van der Waals surface area (Å²) in [5, 5.41) is 11.1. The first-order valence-corrected chi connectivity index (χ1v) is 7.27. The maximum absolute atomic E-state index is 12.4. The molecule has 0 saturated carbocycles. The summed E-state index contributed by atoms with van der Waals surface area (Å²) in [5.74, 6) is -0.378. The molecule has 0 fully saturated rings. The molecule has 8 heteroatoms. The molecule has 24 heavy (non-hydrogen) atoms. The van der Waals surface area contributed by atoms with Crippen LogP contribution in [-0.4, -0.2) is 38.0 Å². The Morgan fingerprint density at radius 1 is 1.12 bits per heavy atom. The van der Waals surface area contributed by atoms with Crippen LogP contribution in [0.25, 0.3) is 5.69 Å². The summed E-state index contributed by atoms with van der Waals surface area (Å²) in [4.78, 5) is 22.1. The van der Waals surface area contributed by atoms with Gasteiger partial charge in [0.05, 0.1) is 36.1 Å². The monoisotopic (exact) mass is 324 g/mol. The second-order valence-electron chi connectivity index (χ2n) is 5.07. The van der Waals surface area contributed by atoms with Crippen LogP contribution in [0.3, 0.4) is 0 Å². The molecule has 0 unspecified atom stereocenters. The highest BCUT2D eigenvalue weighted by atomic mass is 16.5. The molecule has 0 bridgehead atoms. The summed E-state index contributed by atoms with van der Waals surface area (Å²) < 4.78 is 5.01. The van der Waals surface area contributed by atoms with Crippen LogP contribution in [0.2, 0.25) is 0 Å². The fourth-order valence-corrected chi connectivity index (χ4v) is 2.19. The van der Waals surface area contributed by atoms with Crippen molar-refractivity contribution in [2.75, 3.05) is 12.4 Å². The van der Waals surface area contributed by atoms with E-state index in [0.717, 1.165) is 5.69 Å². The van der Waals surface area contributed by atoms with Crippen molar-refractivity contribution in [2.45, 2.75) is 13.8 Å². The Bertz CT molecular complexity index is 852. The number of hydrogen-bond acceptors (Lipinski definition) is 6. The minimum Gasteiger partial charge on any atom is -0.467 e. The highest BCUT2D eigenvalue weighted by molar-refractivity contribution is 6.03. The molecule has 122 valence electrons. The molecule has 0 aliphatic carbocycles. The Balaban J connectivity index is 1.83. The number of methoxy groups -OCH3 is 1. The number of aryl methyl sites for hydroxylation is 2. The lowest BCUT2D eigenvalue weighted by Crippen LogP contribution is -2.16. The van der Waals surface area contributed by atoms with Gasteiger partial charge in [-0.2, -0.15) is 19.9 Å². The molecule has 2 aromatic heterocycles. The lowest BCUT2D eigenvalue weighted by Gasteiger charge is -2.10. The Morgan fingerprint density at radius 2 is 1.79 bits per heavy atom. The molecule has 0 aliphatic rings. The molecule has 0 saturated heterocycles. The SMILES string of the molecule is COc1nc(C)c(NC(=O)c2cnn(-c3ccccc3)n2)c(C)n1. The first-order valence-electron chi connectivity index (χ1n) is 7.27. The molecular formula is C16H16N6O2. The number of hydrogen-bond donors (Lipinski definition) is 1. The highest BCUT2D eigenvalue weighted by Crippen LogP contribution is 2.20. The molecule has 8 nitrogen and oxygen atoms in total. The Morgan fingerprint density at radius 3 is 2.42 bits per heavy atom. The van der Waals surface area contributed by atoms with Crippen LogP contribution in [0.1, 0.15) is 21.9 Å². The van der Waals surface area contributed by atoms with E-state index in [9.17, 15) is 4.79 Å². The van der Waals surface area contributed by atoms with Crippen molar-refractivity contribution in [3.8, 4) is 11.7 Å². The van der Waals surface area contributed by atoms with E-state index in [1.165, 1.54) is 18.1 Å². The van der Waals surface area contributed by atoms with E-state index in [0.29, 0.717) is 17.1 Å². The molecule has 0 radical (unpaired) electrons. The first-order chi connectivity index (χ1) is 11.6. The van der Waals surface area contributed by atoms with Gasteiger partial charge in [-0.1, -0.05) is 18.2 Å². The van der Waals surface area contributed by atoms with Crippen LogP contribution in [-0.2, 0) is 0 Å². The van der Waals surface area contributed by atoms with Crippen molar-refractivity contribution < 1.29 is 9.53 Å². The molecule has 2 heterocycles. The Hall–Kier alpha value is -3.29. The minimum atomic E-state index is -0.378. The number of carbonyl (C=O) groups is 1. The van der Waals surface area contributed by atoms with Crippen molar-refractivity contribution >= 4 is 11.6 Å². The van der Waals surface area contributed by atoms with Crippen molar-refractivity contribution in [3.63, 3.8) is 0 Å². The van der Waals surface area contributed by atoms with Gasteiger partial charge in [-0.15, -0.1) is 5.10 Å². The van der Waals surface area contributed by atoms with Crippen LogP contribution >= 0.6 is 0 Å². The zero-order valence-electron chi connectivity index (χ0n) is 13.5. The first kappa shape index (κ1) is 15.6. The van der Waals surface area contributed by atoms with Gasteiger partial charge in [-0.05, 0) is 26.0 Å². The summed E-state index contributed by atoms with van der Waals surface area (Å²) in [5.41, 5.74) is 2.74. The number of carbonyl (C=O) groups excluding carboxylic acids is 1. The molecular weight excluding hydrogens is 308 g/mol. The predicted molar refractivity (Wildman–Crippen MR) is 87.4 cm³/mol. The summed E-state index contributed by atoms with van der Waals surface area (Å²) in [7, 11) is 1.49. The van der Waals surface area contributed by atoms with Gasteiger partial charge in [0.2, 0.25) is 0 Å². The second-order valence-corrected chi connectivity index (χ2v) is 5.07. The fourth-order valence-electron chi connectivity index (χ4n) is 2.19. The van der Waals surface area contributed by atoms with Gasteiger partial charge in [0.25, 0.3) is 5.91 Å². The molecule has 1 aromatic carbocycles. The molecule has 0 aliphatic heterocycles. The number of anilines is 1. The molecule has 3 rings (SSSR count). The van der Waals surface area contributed by atoms with E-state index in [-0.39, 0.29) is 17.6 Å². The van der Waals surface area contributed by atoms with Crippen LogP contribution in [0, 0.1) is 13.8 Å². The summed E-state index contributed by atoms with van der Waals surface area (Å²) in [6, 6.07) is 9.62. The van der Waals surface area contributed by atoms with Crippen LogP contribution in [0.4, 0.5) is 5.69 Å². The minimum absolute atomic E-state index is 0.202. The molecule has 0 spiro atoms. The van der Waals surface area contributed by atoms with E-state index in [2.05, 4.69) is 25.5 Å². The smallest absolute Gasteiger partial charge is 0.316 e. The zero-order valence-corrected chi connectivity index (χ0v) is 13.5. The summed E-state index contributed by atoms with van der Waals surface area (Å²) >= 11 is 0. The standard InChI is InChI=1S/C16H16N6O2/c1-10-14(11(2)19-16(18-10)24-3)20-15(23)13-9-17-22(21-13)12-7-5-4-6-8-12/h4-9H,1-3H3,(H,20,23). The van der Waals surface area contributed by atoms with E-state index in [1.54, 1.807) is 13.8 Å². The van der Waals surface area contributed by atoms with Crippen LogP contribution in [0.15, 0.2) is 36.5 Å². The van der Waals surface area contributed by atoms with Crippen molar-refractivity contribution in [3.05, 3.63) is 53.6 Å². The number of amides is 1. The average molecular weight is 324 g/mol. The molecule has 1 amide bonds. The molecule has 0 atom stereocenters. The highest BCUT2D eigenvalue weighted by Gasteiger charge is 2.16. The third kappa shape index (κ3) is 3.07. The van der Waals surface area contributed by atoms with Gasteiger partial charge in [0, 0.05) is 0 Å². The number of rotatable bonds is 4. The topological polar surface area (TPSA) is 94.8 Å². The van der Waals surface area contributed by atoms with Gasteiger partial charge in [-0.25, -0.2) is 0 Å². The predicted octanol–water partition coefficient (Wildman–Crippen LogP) is 1.94. The average Bonchev–Trinajstić information content (AvgIpc) is 3.08. The van der Waals surface area contributed by atoms with Gasteiger partial charge in [0.15, 0.2) is 5.69 Å². The fraction of sp³-hybridized carbons (Fsp3) is 0.188. The Kier molecular flexibility index (Phi) is 4.19. The van der Waals surface area contributed by atoms with Crippen molar-refractivity contribution in [2.24, 2.45) is 0 Å². The lowest BCUT2D eigenvalue weighted by molar-refractivity contribution is 0.102. The van der Waals surface area contributed by atoms with E-state index in [1.807, 2.05) is 30.3 Å². The Labute approximate surface area is 138 Å². The van der Waals surface area contributed by atoms with Gasteiger partial charge in [0.1, 0.15) is 0 Å². The number of aromatic nitrogens is 5. The maximum Gasteiger partial charge on any atom is 0.316 e. The van der Waals surface area contributed by atoms with Crippen molar-refractivity contribution in [1.82, 2.24) is 25.0 Å². The molecule has 3 aromatic rings.